The summed E-state index contributed by atoms with van der Waals surface area (Å²) in [6, 6.07) is 15.7. The van der Waals surface area contributed by atoms with Crippen LogP contribution in [0.5, 0.6) is 0 Å². The number of anilines is 1. The zero-order valence-electron chi connectivity index (χ0n) is 15.5. The van der Waals surface area contributed by atoms with Crippen molar-refractivity contribution in [1.29, 1.82) is 0 Å². The highest BCUT2D eigenvalue weighted by Gasteiger charge is 2.45. The molecule has 0 spiro atoms. The number of nitrogens with one attached hydrogen (secondary N) is 1. The van der Waals surface area contributed by atoms with Crippen LogP contribution in [0.25, 0.3) is 11.4 Å². The molecule has 0 unspecified atom stereocenters. The van der Waals surface area contributed by atoms with Crippen molar-refractivity contribution in [2.45, 2.75) is 30.9 Å². The highest BCUT2D eigenvalue weighted by atomic mass is 35.5. The molecule has 0 saturated heterocycles. The fourth-order valence-corrected chi connectivity index (χ4v) is 3.86. The molecule has 0 bridgehead atoms. The normalized spacial score (nSPS) is 22.4. The van der Waals surface area contributed by atoms with Gasteiger partial charge in [0.05, 0.1) is 18.3 Å². The van der Waals surface area contributed by atoms with Gasteiger partial charge in [0.2, 0.25) is 0 Å². The summed E-state index contributed by atoms with van der Waals surface area (Å²) in [5.74, 6) is 0.934. The van der Waals surface area contributed by atoms with E-state index in [4.69, 9.17) is 11.6 Å². The number of fused-ring (bicyclic) bond motifs is 1. The van der Waals surface area contributed by atoms with Gasteiger partial charge in [0, 0.05) is 17.1 Å². The van der Waals surface area contributed by atoms with E-state index >= 15 is 0 Å². The molecule has 2 heterocycles. The molecule has 0 fully saturated rings. The van der Waals surface area contributed by atoms with Gasteiger partial charge in [-0.25, -0.2) is 4.98 Å². The molecule has 0 saturated carbocycles. The van der Waals surface area contributed by atoms with Crippen molar-refractivity contribution in [1.82, 2.24) is 9.97 Å². The van der Waals surface area contributed by atoms with Crippen molar-refractivity contribution in [3.63, 3.8) is 0 Å². The minimum Gasteiger partial charge on any atom is -0.394 e. The molecule has 8 heteroatoms. The van der Waals surface area contributed by atoms with Crippen LogP contribution in [-0.4, -0.2) is 55.3 Å². The summed E-state index contributed by atoms with van der Waals surface area (Å²) in [7, 11) is 0. The third-order valence-electron chi connectivity index (χ3n) is 5.21. The van der Waals surface area contributed by atoms with Crippen LogP contribution in [0.4, 0.5) is 5.82 Å². The van der Waals surface area contributed by atoms with Crippen LogP contribution in [-0.2, 0) is 6.54 Å². The predicted octanol–water partition coefficient (Wildman–Crippen LogP) is 1.87. The van der Waals surface area contributed by atoms with Crippen LogP contribution in [0.1, 0.15) is 17.4 Å². The maximum atomic E-state index is 10.7. The molecule has 0 aliphatic carbocycles. The quantitative estimate of drug-likeness (QED) is 0.435. The standard InChI is InChI=1S/C21H22ClN3O4/c22-14-8-6-13(7-9-14)20-23-16-18(28)19(29)17(15(27)11-26)25(21(16)24-20)10-12-4-2-1-3-5-12/h1-9,15,17-19,26-29H,10-11H2,(H,23,24)/t15-,17-,18+,19-/m0/s1. The maximum Gasteiger partial charge on any atom is 0.154 e. The first-order valence-electron chi connectivity index (χ1n) is 9.31. The zero-order valence-corrected chi connectivity index (χ0v) is 16.2. The van der Waals surface area contributed by atoms with Gasteiger partial charge in [-0.2, -0.15) is 0 Å². The third kappa shape index (κ3) is 3.75. The van der Waals surface area contributed by atoms with Crippen molar-refractivity contribution in [3.8, 4) is 11.4 Å². The fraction of sp³-hybridized carbons (Fsp3) is 0.286. The minimum absolute atomic E-state index is 0.338. The Morgan fingerprint density at radius 1 is 1.07 bits per heavy atom. The van der Waals surface area contributed by atoms with Gasteiger partial charge in [-0.3, -0.25) is 0 Å². The van der Waals surface area contributed by atoms with Crippen molar-refractivity contribution < 1.29 is 20.4 Å². The zero-order chi connectivity index (χ0) is 20.5. The summed E-state index contributed by atoms with van der Waals surface area (Å²) in [5, 5.41) is 41.9. The van der Waals surface area contributed by atoms with E-state index in [1.807, 2.05) is 30.3 Å². The third-order valence-corrected chi connectivity index (χ3v) is 5.46. The molecule has 152 valence electrons. The summed E-state index contributed by atoms with van der Waals surface area (Å²) in [4.78, 5) is 9.46. The van der Waals surface area contributed by atoms with Crippen LogP contribution in [0.2, 0.25) is 5.02 Å². The average molecular weight is 416 g/mol. The number of aliphatic hydroxyl groups excluding tert-OH is 4. The van der Waals surface area contributed by atoms with Crippen molar-refractivity contribution in [2.75, 3.05) is 11.5 Å². The average Bonchev–Trinajstić information content (AvgIpc) is 3.18. The summed E-state index contributed by atoms with van der Waals surface area (Å²) in [6.45, 7) is -0.214. The number of aromatic amines is 1. The highest BCUT2D eigenvalue weighted by molar-refractivity contribution is 6.30. The molecule has 0 amide bonds. The first kappa shape index (κ1) is 19.9. The van der Waals surface area contributed by atoms with Crippen LogP contribution in [0.3, 0.4) is 0 Å². The van der Waals surface area contributed by atoms with Crippen LogP contribution in [0.15, 0.2) is 54.6 Å². The van der Waals surface area contributed by atoms with Crippen LogP contribution < -0.4 is 4.90 Å². The summed E-state index contributed by atoms with van der Waals surface area (Å²) >= 11 is 5.96. The van der Waals surface area contributed by atoms with Crippen LogP contribution >= 0.6 is 11.6 Å². The highest BCUT2D eigenvalue weighted by Crippen LogP contribution is 2.39. The number of hydrogen-bond acceptors (Lipinski definition) is 6. The van der Waals surface area contributed by atoms with Gasteiger partial charge < -0.3 is 30.3 Å². The summed E-state index contributed by atoms with van der Waals surface area (Å²) in [6.07, 6.45) is -3.85. The Balaban J connectivity index is 1.80. The van der Waals surface area contributed by atoms with E-state index in [1.165, 1.54) is 0 Å². The van der Waals surface area contributed by atoms with Gasteiger partial charge in [-0.05, 0) is 29.8 Å². The van der Waals surface area contributed by atoms with Gasteiger partial charge in [-0.15, -0.1) is 0 Å². The van der Waals surface area contributed by atoms with E-state index in [0.29, 0.717) is 28.9 Å². The van der Waals surface area contributed by atoms with Crippen molar-refractivity contribution >= 4 is 17.4 Å². The summed E-state index contributed by atoms with van der Waals surface area (Å²) < 4.78 is 0. The number of hydrogen-bond donors (Lipinski definition) is 5. The summed E-state index contributed by atoms with van der Waals surface area (Å²) in [5.41, 5.74) is 2.07. The first-order valence-corrected chi connectivity index (χ1v) is 9.69. The number of rotatable bonds is 5. The number of aromatic nitrogens is 2. The molecule has 5 N–H and O–H groups in total. The topological polar surface area (TPSA) is 113 Å². The Kier molecular flexibility index (Phi) is 5.58. The molecule has 1 aliphatic heterocycles. The lowest BCUT2D eigenvalue weighted by Crippen LogP contribution is -2.57. The molecule has 4 rings (SSSR count). The number of aliphatic hydroxyl groups is 4. The smallest absolute Gasteiger partial charge is 0.154 e. The largest absolute Gasteiger partial charge is 0.394 e. The SMILES string of the molecule is OC[C@H](O)[C@H]1[C@H](O)[C@H](O)c2[nH]c(-c3ccc(Cl)cc3)nc2N1Cc1ccccc1. The predicted molar refractivity (Wildman–Crippen MR) is 110 cm³/mol. The lowest BCUT2D eigenvalue weighted by atomic mass is 9.92. The number of imidazole rings is 1. The Morgan fingerprint density at radius 3 is 2.41 bits per heavy atom. The van der Waals surface area contributed by atoms with Gasteiger partial charge >= 0.3 is 0 Å². The minimum atomic E-state index is -1.31. The molecule has 3 aromatic rings. The monoisotopic (exact) mass is 415 g/mol. The fourth-order valence-electron chi connectivity index (χ4n) is 3.73. The molecule has 4 atom stereocenters. The van der Waals surface area contributed by atoms with E-state index in [9.17, 15) is 20.4 Å². The second-order valence-corrected chi connectivity index (χ2v) is 7.56. The van der Waals surface area contributed by atoms with E-state index in [-0.39, 0.29) is 0 Å². The number of halogens is 1. The molecule has 7 nitrogen and oxygen atoms in total. The Morgan fingerprint density at radius 2 is 1.76 bits per heavy atom. The molecule has 29 heavy (non-hydrogen) atoms. The first-order chi connectivity index (χ1) is 14.0. The molecular formula is C21H22ClN3O4. The molecular weight excluding hydrogens is 394 g/mol. The Bertz CT molecular complexity index is 964. The van der Waals surface area contributed by atoms with Gasteiger partial charge in [0.1, 0.15) is 24.1 Å². The van der Waals surface area contributed by atoms with Crippen molar-refractivity contribution in [3.05, 3.63) is 70.9 Å². The van der Waals surface area contributed by atoms with Gasteiger partial charge in [-0.1, -0.05) is 41.9 Å². The number of H-pyrrole nitrogens is 1. The van der Waals surface area contributed by atoms with Crippen LogP contribution in [0, 0.1) is 0 Å². The van der Waals surface area contributed by atoms with E-state index in [0.717, 1.165) is 11.1 Å². The lowest BCUT2D eigenvalue weighted by molar-refractivity contribution is -0.0506. The van der Waals surface area contributed by atoms with E-state index < -0.39 is 31.0 Å². The maximum absolute atomic E-state index is 10.7. The molecule has 1 aromatic heterocycles. The lowest BCUT2D eigenvalue weighted by Gasteiger charge is -2.43. The molecule has 1 aliphatic rings. The number of nitrogens with zero attached hydrogens (tertiary/aromatic N) is 2. The van der Waals surface area contributed by atoms with Gasteiger partial charge in [0.15, 0.2) is 5.82 Å². The van der Waals surface area contributed by atoms with E-state index in [1.54, 1.807) is 29.2 Å². The Labute approximate surface area is 172 Å². The second-order valence-electron chi connectivity index (χ2n) is 7.12. The number of benzene rings is 2. The second kappa shape index (κ2) is 8.14. The Hall–Kier alpha value is -2.42. The van der Waals surface area contributed by atoms with Gasteiger partial charge in [0.25, 0.3) is 0 Å². The van der Waals surface area contributed by atoms with Crippen molar-refractivity contribution in [2.24, 2.45) is 0 Å². The molecule has 0 radical (unpaired) electrons. The molecule has 2 aromatic carbocycles. The van der Waals surface area contributed by atoms with E-state index in [2.05, 4.69) is 9.97 Å².